The molecule has 2 atom stereocenters. The summed E-state index contributed by atoms with van der Waals surface area (Å²) < 4.78 is 5.56. The fourth-order valence-corrected chi connectivity index (χ4v) is 5.39. The Labute approximate surface area is 191 Å². The van der Waals surface area contributed by atoms with Gasteiger partial charge in [0.1, 0.15) is 0 Å². The predicted molar refractivity (Wildman–Crippen MR) is 131 cm³/mol. The van der Waals surface area contributed by atoms with Gasteiger partial charge in [-0.25, -0.2) is 0 Å². The third kappa shape index (κ3) is 6.78. The first-order valence-electron chi connectivity index (χ1n) is 10.1. The predicted octanol–water partition coefficient (Wildman–Crippen LogP) is 3.00. The maximum Gasteiger partial charge on any atom is 0.191 e. The third-order valence-electron chi connectivity index (χ3n) is 5.66. The van der Waals surface area contributed by atoms with Crippen LogP contribution in [0.25, 0.3) is 0 Å². The van der Waals surface area contributed by atoms with Crippen LogP contribution in [0.1, 0.15) is 25.3 Å². The number of aryl methyl sites for hydroxylation is 1. The van der Waals surface area contributed by atoms with Gasteiger partial charge in [0, 0.05) is 44.0 Å². The van der Waals surface area contributed by atoms with Gasteiger partial charge in [-0.15, -0.1) is 24.0 Å². The number of nitrogens with one attached hydrogen (secondary N) is 2. The first-order valence-corrected chi connectivity index (χ1v) is 11.3. The Balaban J connectivity index is 0.00000280. The van der Waals surface area contributed by atoms with E-state index in [9.17, 15) is 0 Å². The molecule has 0 spiro atoms. The van der Waals surface area contributed by atoms with E-state index in [4.69, 9.17) is 4.74 Å². The van der Waals surface area contributed by atoms with E-state index in [1.807, 2.05) is 7.05 Å². The van der Waals surface area contributed by atoms with Crippen LogP contribution in [0.5, 0.6) is 0 Å². The molecule has 5 nitrogen and oxygen atoms in total. The molecule has 0 bridgehead atoms. The molecule has 28 heavy (non-hydrogen) atoms. The molecule has 158 valence electrons. The van der Waals surface area contributed by atoms with Gasteiger partial charge in [0.15, 0.2) is 5.96 Å². The Kier molecular flexibility index (Phi) is 10.4. The summed E-state index contributed by atoms with van der Waals surface area (Å²) >= 11 is 2.07. The molecule has 1 aromatic rings. The van der Waals surface area contributed by atoms with Crippen molar-refractivity contribution in [3.05, 3.63) is 35.9 Å². The summed E-state index contributed by atoms with van der Waals surface area (Å²) in [6.07, 6.45) is 3.42. The van der Waals surface area contributed by atoms with Crippen molar-refractivity contribution in [2.45, 2.75) is 37.8 Å². The number of rotatable bonds is 7. The van der Waals surface area contributed by atoms with Gasteiger partial charge in [-0.3, -0.25) is 9.89 Å². The number of hydrogen-bond donors (Lipinski definition) is 2. The van der Waals surface area contributed by atoms with Gasteiger partial charge < -0.3 is 15.4 Å². The highest BCUT2D eigenvalue weighted by atomic mass is 127. The molecular formula is C21H35IN4OS. The fraction of sp³-hybridized carbons (Fsp3) is 0.667. The summed E-state index contributed by atoms with van der Waals surface area (Å²) in [5, 5.41) is 7.19. The monoisotopic (exact) mass is 518 g/mol. The van der Waals surface area contributed by atoms with Gasteiger partial charge >= 0.3 is 0 Å². The van der Waals surface area contributed by atoms with Gasteiger partial charge in [0.25, 0.3) is 0 Å². The number of ether oxygens (including phenoxy) is 1. The van der Waals surface area contributed by atoms with Gasteiger partial charge in [0.05, 0.1) is 13.2 Å². The van der Waals surface area contributed by atoms with Crippen LogP contribution in [0.4, 0.5) is 0 Å². The van der Waals surface area contributed by atoms with Gasteiger partial charge in [-0.05, 0) is 37.5 Å². The molecular weight excluding hydrogens is 483 g/mol. The van der Waals surface area contributed by atoms with E-state index in [0.29, 0.717) is 6.04 Å². The average Bonchev–Trinajstić information content (AvgIpc) is 3.21. The Morgan fingerprint density at radius 3 is 2.68 bits per heavy atom. The van der Waals surface area contributed by atoms with Crippen LogP contribution in [0.3, 0.4) is 0 Å². The summed E-state index contributed by atoms with van der Waals surface area (Å²) in [6.45, 7) is 6.99. The van der Waals surface area contributed by atoms with Crippen molar-refractivity contribution < 1.29 is 4.74 Å². The number of halogens is 1. The highest BCUT2D eigenvalue weighted by molar-refractivity contribution is 14.0. The SMILES string of the molecule is CN=C(NCC1(N2CCOCC2)CCSC1)NC(C)CCc1ccccc1.I. The fourth-order valence-electron chi connectivity index (χ4n) is 3.91. The third-order valence-corrected chi connectivity index (χ3v) is 6.90. The number of benzene rings is 1. The van der Waals surface area contributed by atoms with Crippen LogP contribution < -0.4 is 10.6 Å². The number of nitrogens with zero attached hydrogens (tertiary/aromatic N) is 2. The minimum atomic E-state index is 0. The molecule has 1 aromatic carbocycles. The smallest absolute Gasteiger partial charge is 0.191 e. The molecule has 0 saturated carbocycles. The van der Waals surface area contributed by atoms with Gasteiger partial charge in [-0.1, -0.05) is 30.3 Å². The van der Waals surface area contributed by atoms with Crippen molar-refractivity contribution in [2.75, 3.05) is 51.4 Å². The highest BCUT2D eigenvalue weighted by Crippen LogP contribution is 2.33. The number of hydrogen-bond acceptors (Lipinski definition) is 4. The molecule has 3 rings (SSSR count). The summed E-state index contributed by atoms with van der Waals surface area (Å²) in [5.74, 6) is 3.36. The first-order chi connectivity index (χ1) is 13.2. The standard InChI is InChI=1S/C21H34N4OS.HI/c1-18(8-9-19-6-4-3-5-7-19)24-20(22-2)23-16-21(10-15-27-17-21)25-11-13-26-14-12-25;/h3-7,18H,8-17H2,1-2H3,(H2,22,23,24);1H. The maximum atomic E-state index is 5.56. The summed E-state index contributed by atoms with van der Waals surface area (Å²) in [6, 6.07) is 11.1. The lowest BCUT2D eigenvalue weighted by atomic mass is 9.95. The van der Waals surface area contributed by atoms with Crippen LogP contribution in [-0.2, 0) is 11.2 Å². The molecule has 0 aliphatic carbocycles. The van der Waals surface area contributed by atoms with Gasteiger partial charge in [-0.2, -0.15) is 11.8 Å². The van der Waals surface area contributed by atoms with Crippen molar-refractivity contribution in [2.24, 2.45) is 4.99 Å². The van der Waals surface area contributed by atoms with E-state index in [1.54, 1.807) is 0 Å². The zero-order chi connectivity index (χ0) is 19.0. The second kappa shape index (κ2) is 12.2. The number of thioether (sulfide) groups is 1. The van der Waals surface area contributed by atoms with E-state index >= 15 is 0 Å². The first kappa shape index (κ1) is 23.8. The zero-order valence-electron chi connectivity index (χ0n) is 17.2. The summed E-state index contributed by atoms with van der Waals surface area (Å²) in [4.78, 5) is 7.10. The van der Waals surface area contributed by atoms with Crippen LogP contribution >= 0.6 is 35.7 Å². The van der Waals surface area contributed by atoms with Crippen molar-refractivity contribution in [3.63, 3.8) is 0 Å². The lowest BCUT2D eigenvalue weighted by molar-refractivity contribution is -0.0120. The van der Waals surface area contributed by atoms with E-state index in [-0.39, 0.29) is 29.5 Å². The number of guanidine groups is 1. The summed E-state index contributed by atoms with van der Waals surface area (Å²) in [5.41, 5.74) is 1.63. The Morgan fingerprint density at radius 1 is 1.29 bits per heavy atom. The average molecular weight is 519 g/mol. The zero-order valence-corrected chi connectivity index (χ0v) is 20.3. The maximum absolute atomic E-state index is 5.56. The van der Waals surface area contributed by atoms with E-state index in [0.717, 1.165) is 51.6 Å². The van der Waals surface area contributed by atoms with Crippen LogP contribution in [0, 0.1) is 0 Å². The van der Waals surface area contributed by atoms with Crippen LogP contribution in [0.2, 0.25) is 0 Å². The second-order valence-corrected chi connectivity index (χ2v) is 8.73. The van der Waals surface area contributed by atoms with E-state index in [1.165, 1.54) is 23.5 Å². The largest absolute Gasteiger partial charge is 0.379 e. The van der Waals surface area contributed by atoms with E-state index < -0.39 is 0 Å². The lowest BCUT2D eigenvalue weighted by Crippen LogP contribution is -2.60. The van der Waals surface area contributed by atoms with Crippen molar-refractivity contribution in [1.29, 1.82) is 0 Å². The number of morpholine rings is 1. The van der Waals surface area contributed by atoms with Gasteiger partial charge in [0.2, 0.25) is 0 Å². The molecule has 2 aliphatic heterocycles. The molecule has 2 heterocycles. The van der Waals surface area contributed by atoms with Crippen LogP contribution in [0.15, 0.2) is 35.3 Å². The van der Waals surface area contributed by atoms with Crippen LogP contribution in [-0.4, -0.2) is 73.8 Å². The molecule has 0 aromatic heterocycles. The molecule has 0 amide bonds. The van der Waals surface area contributed by atoms with Crippen molar-refractivity contribution in [1.82, 2.24) is 15.5 Å². The lowest BCUT2D eigenvalue weighted by Gasteiger charge is -2.43. The van der Waals surface area contributed by atoms with Crippen molar-refractivity contribution in [3.8, 4) is 0 Å². The van der Waals surface area contributed by atoms with E-state index in [2.05, 4.69) is 69.5 Å². The summed E-state index contributed by atoms with van der Waals surface area (Å²) in [7, 11) is 1.87. The molecule has 2 N–H and O–H groups in total. The normalized spacial score (nSPS) is 24.4. The molecule has 2 aliphatic rings. The van der Waals surface area contributed by atoms with Crippen molar-refractivity contribution >= 4 is 41.7 Å². The quantitative estimate of drug-likeness (QED) is 0.330. The molecule has 7 heteroatoms. The second-order valence-electron chi connectivity index (χ2n) is 7.62. The Bertz CT molecular complexity index is 589. The topological polar surface area (TPSA) is 48.9 Å². The minimum Gasteiger partial charge on any atom is -0.379 e. The molecule has 2 unspecified atom stereocenters. The minimum absolute atomic E-state index is 0. The Morgan fingerprint density at radius 2 is 2.04 bits per heavy atom. The molecule has 2 fully saturated rings. The molecule has 2 saturated heterocycles. The highest BCUT2D eigenvalue weighted by Gasteiger charge is 2.40. The molecule has 0 radical (unpaired) electrons. The Hall–Kier alpha value is -0.510. The number of aliphatic imine (C=N–C) groups is 1.